The summed E-state index contributed by atoms with van der Waals surface area (Å²) in [5.74, 6) is -1.60. The number of ketones is 1. The number of aliphatic hydroxyl groups excluding tert-OH is 1. The molecule has 1 aliphatic rings. The summed E-state index contributed by atoms with van der Waals surface area (Å²) < 4.78 is 5.19. The van der Waals surface area contributed by atoms with E-state index in [1.165, 1.54) is 29.4 Å². The van der Waals surface area contributed by atoms with Crippen LogP contribution in [0.3, 0.4) is 0 Å². The van der Waals surface area contributed by atoms with Crippen LogP contribution >= 0.6 is 0 Å². The minimum atomic E-state index is -0.774. The Kier molecular flexibility index (Phi) is 4.91. The second-order valence-corrected chi connectivity index (χ2v) is 6.80. The third-order valence-electron chi connectivity index (χ3n) is 4.99. The molecule has 6 heteroatoms. The number of Topliss-reactive ketones (excluding diaryl/α,β-unsaturated/α-hetero) is 1. The molecule has 0 saturated heterocycles. The van der Waals surface area contributed by atoms with Crippen molar-refractivity contribution in [3.05, 3.63) is 101 Å². The van der Waals surface area contributed by atoms with Crippen LogP contribution in [0.25, 0.3) is 0 Å². The maximum Gasteiger partial charge on any atom is 0.290 e. The summed E-state index contributed by atoms with van der Waals surface area (Å²) in [6.45, 7) is 0.313. The third-order valence-corrected chi connectivity index (χ3v) is 4.99. The highest BCUT2D eigenvalue weighted by molar-refractivity contribution is 6.15. The number of aliphatic hydroxyl groups is 1. The topological polar surface area (TPSA) is 91.0 Å². The van der Waals surface area contributed by atoms with Crippen LogP contribution in [0, 0.1) is 0 Å². The molecule has 3 aromatic rings. The SMILES string of the molecule is O=C(C1=C(O)C(=O)N(CCc2ccccc2)C1c1ccc(O)cc1)c1ccco1. The minimum absolute atomic E-state index is 0.0244. The number of benzene rings is 2. The minimum Gasteiger partial charge on any atom is -0.508 e. The summed E-state index contributed by atoms with van der Waals surface area (Å²) in [7, 11) is 0. The Morgan fingerprint density at radius 1 is 0.966 bits per heavy atom. The van der Waals surface area contributed by atoms with E-state index in [1.807, 2.05) is 30.3 Å². The van der Waals surface area contributed by atoms with Crippen LogP contribution in [-0.4, -0.2) is 33.3 Å². The van der Waals surface area contributed by atoms with Gasteiger partial charge in [-0.3, -0.25) is 9.59 Å². The average molecular weight is 389 g/mol. The fraction of sp³-hybridized carbons (Fsp3) is 0.130. The number of carbonyl (C=O) groups is 2. The first-order chi connectivity index (χ1) is 14.1. The molecule has 29 heavy (non-hydrogen) atoms. The largest absolute Gasteiger partial charge is 0.508 e. The van der Waals surface area contributed by atoms with Crippen molar-refractivity contribution in [2.75, 3.05) is 6.54 Å². The zero-order valence-electron chi connectivity index (χ0n) is 15.5. The molecule has 0 aliphatic carbocycles. The molecular formula is C23H19NO5. The Balaban J connectivity index is 1.71. The second-order valence-electron chi connectivity index (χ2n) is 6.80. The van der Waals surface area contributed by atoms with E-state index < -0.39 is 23.5 Å². The molecule has 2 aromatic carbocycles. The quantitative estimate of drug-likeness (QED) is 0.626. The van der Waals surface area contributed by atoms with Gasteiger partial charge in [0.1, 0.15) is 5.75 Å². The Bertz CT molecular complexity index is 1050. The van der Waals surface area contributed by atoms with Gasteiger partial charge < -0.3 is 19.5 Å². The van der Waals surface area contributed by atoms with Crippen molar-refractivity contribution in [2.45, 2.75) is 12.5 Å². The van der Waals surface area contributed by atoms with Gasteiger partial charge in [-0.2, -0.15) is 0 Å². The van der Waals surface area contributed by atoms with E-state index in [2.05, 4.69) is 0 Å². The van der Waals surface area contributed by atoms with Crippen molar-refractivity contribution in [1.29, 1.82) is 0 Å². The van der Waals surface area contributed by atoms with Crippen molar-refractivity contribution in [3.63, 3.8) is 0 Å². The number of hydrogen-bond acceptors (Lipinski definition) is 5. The molecule has 1 atom stereocenters. The fourth-order valence-corrected chi connectivity index (χ4v) is 3.55. The highest BCUT2D eigenvalue weighted by Crippen LogP contribution is 2.39. The molecule has 1 aromatic heterocycles. The summed E-state index contributed by atoms with van der Waals surface area (Å²) in [6.07, 6.45) is 1.93. The zero-order chi connectivity index (χ0) is 20.4. The lowest BCUT2D eigenvalue weighted by atomic mass is 9.95. The Morgan fingerprint density at radius 3 is 2.34 bits per heavy atom. The van der Waals surface area contributed by atoms with E-state index in [0.717, 1.165) is 5.56 Å². The van der Waals surface area contributed by atoms with Crippen molar-refractivity contribution in [2.24, 2.45) is 0 Å². The normalized spacial score (nSPS) is 16.5. The standard InChI is InChI=1S/C23H19NO5/c25-17-10-8-16(9-11-17)20-19(21(26)18-7-4-14-29-18)22(27)23(28)24(20)13-12-15-5-2-1-3-6-15/h1-11,14,20,25,27H,12-13H2. The van der Waals surface area contributed by atoms with Crippen molar-refractivity contribution < 1.29 is 24.2 Å². The molecule has 0 fully saturated rings. The lowest BCUT2D eigenvalue weighted by Crippen LogP contribution is -2.33. The zero-order valence-corrected chi connectivity index (χ0v) is 15.5. The molecule has 1 aliphatic heterocycles. The van der Waals surface area contributed by atoms with E-state index in [1.54, 1.807) is 18.2 Å². The number of furan rings is 1. The van der Waals surface area contributed by atoms with Crippen LogP contribution in [-0.2, 0) is 11.2 Å². The van der Waals surface area contributed by atoms with Gasteiger partial charge in [0.15, 0.2) is 11.5 Å². The monoisotopic (exact) mass is 389 g/mol. The Morgan fingerprint density at radius 2 is 1.69 bits per heavy atom. The predicted octanol–water partition coefficient (Wildman–Crippen LogP) is 3.81. The summed E-state index contributed by atoms with van der Waals surface area (Å²) in [5, 5.41) is 20.2. The van der Waals surface area contributed by atoms with Gasteiger partial charge in [0.25, 0.3) is 5.91 Å². The first kappa shape index (κ1) is 18.6. The maximum atomic E-state index is 13.0. The van der Waals surface area contributed by atoms with Crippen LogP contribution in [0.2, 0.25) is 0 Å². The highest BCUT2D eigenvalue weighted by Gasteiger charge is 2.44. The molecule has 146 valence electrons. The van der Waals surface area contributed by atoms with Gasteiger partial charge in [-0.05, 0) is 41.8 Å². The average Bonchev–Trinajstić information content (AvgIpc) is 3.36. The molecule has 6 nitrogen and oxygen atoms in total. The molecule has 2 heterocycles. The van der Waals surface area contributed by atoms with Crippen molar-refractivity contribution >= 4 is 11.7 Å². The first-order valence-electron chi connectivity index (χ1n) is 9.21. The summed E-state index contributed by atoms with van der Waals surface area (Å²) in [4.78, 5) is 27.3. The second kappa shape index (κ2) is 7.67. The molecule has 0 radical (unpaired) electrons. The number of rotatable bonds is 6. The van der Waals surface area contributed by atoms with Crippen LogP contribution in [0.5, 0.6) is 5.75 Å². The van der Waals surface area contributed by atoms with Crippen molar-refractivity contribution in [3.8, 4) is 5.75 Å². The summed E-state index contributed by atoms with van der Waals surface area (Å²) in [5.41, 5.74) is 1.63. The smallest absolute Gasteiger partial charge is 0.290 e. The van der Waals surface area contributed by atoms with Crippen LogP contribution in [0.15, 0.2) is 88.7 Å². The number of phenols is 1. The van der Waals surface area contributed by atoms with Crippen LogP contribution in [0.1, 0.15) is 27.7 Å². The molecular weight excluding hydrogens is 370 g/mol. The molecule has 4 rings (SSSR count). The van der Waals surface area contributed by atoms with Gasteiger partial charge in [-0.1, -0.05) is 42.5 Å². The number of hydrogen-bond donors (Lipinski definition) is 2. The number of carbonyl (C=O) groups excluding carboxylic acids is 2. The number of phenolic OH excluding ortho intramolecular Hbond substituents is 1. The van der Waals surface area contributed by atoms with Crippen molar-refractivity contribution in [1.82, 2.24) is 4.90 Å². The Labute approximate surface area is 167 Å². The van der Waals surface area contributed by atoms with E-state index in [0.29, 0.717) is 18.5 Å². The summed E-state index contributed by atoms with van der Waals surface area (Å²) in [6, 6.07) is 18.2. The van der Waals surface area contributed by atoms with Gasteiger partial charge in [0.2, 0.25) is 5.78 Å². The maximum absolute atomic E-state index is 13.0. The number of nitrogens with zero attached hydrogens (tertiary/aromatic N) is 1. The fourth-order valence-electron chi connectivity index (χ4n) is 3.55. The number of amides is 1. The molecule has 0 spiro atoms. The van der Waals surface area contributed by atoms with E-state index >= 15 is 0 Å². The van der Waals surface area contributed by atoms with Crippen LogP contribution < -0.4 is 0 Å². The first-order valence-corrected chi connectivity index (χ1v) is 9.21. The Hall–Kier alpha value is -3.80. The lowest BCUT2D eigenvalue weighted by Gasteiger charge is -2.26. The molecule has 0 bridgehead atoms. The van der Waals surface area contributed by atoms with E-state index in [9.17, 15) is 19.8 Å². The number of aromatic hydroxyl groups is 1. The summed E-state index contributed by atoms with van der Waals surface area (Å²) >= 11 is 0. The van der Waals surface area contributed by atoms with Gasteiger partial charge >= 0.3 is 0 Å². The molecule has 2 N–H and O–H groups in total. The van der Waals surface area contributed by atoms with Gasteiger partial charge in [-0.25, -0.2) is 0 Å². The lowest BCUT2D eigenvalue weighted by molar-refractivity contribution is -0.129. The van der Waals surface area contributed by atoms with E-state index in [-0.39, 0.29) is 17.1 Å². The molecule has 1 unspecified atom stereocenters. The highest BCUT2D eigenvalue weighted by atomic mass is 16.3. The van der Waals surface area contributed by atoms with Gasteiger partial charge in [0, 0.05) is 6.54 Å². The predicted molar refractivity (Wildman–Crippen MR) is 105 cm³/mol. The van der Waals surface area contributed by atoms with Crippen LogP contribution in [0.4, 0.5) is 0 Å². The molecule has 1 amide bonds. The van der Waals surface area contributed by atoms with Gasteiger partial charge in [-0.15, -0.1) is 0 Å². The molecule has 0 saturated carbocycles. The van der Waals surface area contributed by atoms with Gasteiger partial charge in [0.05, 0.1) is 17.9 Å². The van der Waals surface area contributed by atoms with E-state index in [4.69, 9.17) is 4.42 Å². The third kappa shape index (κ3) is 3.52.